The molecule has 0 saturated heterocycles. The Kier molecular flexibility index (Phi) is 4.68. The van der Waals surface area contributed by atoms with Crippen LogP contribution in [-0.2, 0) is 14.8 Å². The van der Waals surface area contributed by atoms with Crippen molar-refractivity contribution in [2.24, 2.45) is 0 Å². The molecule has 6 nitrogen and oxygen atoms in total. The van der Waals surface area contributed by atoms with Crippen molar-refractivity contribution in [1.29, 1.82) is 0 Å². The van der Waals surface area contributed by atoms with Crippen molar-refractivity contribution in [3.8, 4) is 0 Å². The predicted octanol–water partition coefficient (Wildman–Crippen LogP) is 3.43. The minimum Gasteiger partial charge on any atom is -0.323 e. The van der Waals surface area contributed by atoms with E-state index in [2.05, 4.69) is 5.32 Å². The molecule has 0 atom stereocenters. The summed E-state index contributed by atoms with van der Waals surface area (Å²) in [7, 11) is -4.07. The Morgan fingerprint density at radius 2 is 1.68 bits per heavy atom. The minimum absolute atomic E-state index is 0.0304. The number of sulfonamides is 1. The van der Waals surface area contributed by atoms with E-state index in [1.807, 2.05) is 0 Å². The van der Waals surface area contributed by atoms with Crippen molar-refractivity contribution < 1.29 is 18.0 Å². The van der Waals surface area contributed by atoms with Crippen LogP contribution in [-0.4, -0.2) is 31.1 Å². The van der Waals surface area contributed by atoms with Gasteiger partial charge in [-0.2, -0.15) is 0 Å². The highest BCUT2D eigenvalue weighted by atomic mass is 35.5. The summed E-state index contributed by atoms with van der Waals surface area (Å²) in [5.74, 6) is -1.50. The van der Waals surface area contributed by atoms with Gasteiger partial charge >= 0.3 is 0 Å². The Bertz CT molecular complexity index is 1010. The van der Waals surface area contributed by atoms with Crippen molar-refractivity contribution in [2.75, 3.05) is 11.9 Å². The van der Waals surface area contributed by atoms with Crippen molar-refractivity contribution in [3.05, 3.63) is 57.0 Å². The number of nitrogens with one attached hydrogen (secondary N) is 1. The molecule has 0 saturated carbocycles. The lowest BCUT2D eigenvalue weighted by Crippen LogP contribution is -2.37. The topological polar surface area (TPSA) is 83.6 Å². The zero-order valence-electron chi connectivity index (χ0n) is 12.3. The molecule has 0 aliphatic carbocycles. The third-order valence-electron chi connectivity index (χ3n) is 3.48. The molecule has 2 aromatic carbocycles. The fraction of sp³-hybridized carbons (Fsp3) is 0.0667. The Balaban J connectivity index is 1.83. The molecule has 25 heavy (non-hydrogen) atoms. The van der Waals surface area contributed by atoms with Crippen LogP contribution in [0.2, 0.25) is 15.1 Å². The van der Waals surface area contributed by atoms with Crippen LogP contribution in [0.15, 0.2) is 41.3 Å². The quantitative estimate of drug-likeness (QED) is 0.773. The molecule has 0 aromatic heterocycles. The Labute approximate surface area is 158 Å². The van der Waals surface area contributed by atoms with Crippen LogP contribution >= 0.6 is 34.8 Å². The second-order valence-corrected chi connectivity index (χ2v) is 8.16. The number of halogens is 3. The highest BCUT2D eigenvalue weighted by molar-refractivity contribution is 7.90. The van der Waals surface area contributed by atoms with Gasteiger partial charge in [0.15, 0.2) is 0 Å². The van der Waals surface area contributed by atoms with E-state index in [9.17, 15) is 18.0 Å². The Morgan fingerprint density at radius 1 is 1.04 bits per heavy atom. The number of amides is 2. The third-order valence-corrected chi connectivity index (χ3v) is 6.31. The first-order valence-corrected chi connectivity index (χ1v) is 9.39. The number of carbonyl (C=O) groups is 2. The second kappa shape index (κ2) is 6.49. The normalized spacial score (nSPS) is 15.2. The van der Waals surface area contributed by atoms with Crippen molar-refractivity contribution in [2.45, 2.75) is 4.90 Å². The van der Waals surface area contributed by atoms with E-state index in [0.29, 0.717) is 4.31 Å². The maximum Gasteiger partial charge on any atom is 0.269 e. The SMILES string of the molecule is O=C(CN1C(=O)c2ccccc2S1(=O)=O)Nc1cc(Cl)c(Cl)cc1Cl. The maximum absolute atomic E-state index is 12.4. The van der Waals surface area contributed by atoms with Crippen LogP contribution in [0.4, 0.5) is 5.69 Å². The van der Waals surface area contributed by atoms with Gasteiger partial charge in [-0.1, -0.05) is 46.9 Å². The number of anilines is 1. The average molecular weight is 420 g/mol. The molecule has 10 heteroatoms. The number of benzene rings is 2. The van der Waals surface area contributed by atoms with Gasteiger partial charge in [0.05, 0.1) is 26.3 Å². The largest absolute Gasteiger partial charge is 0.323 e. The van der Waals surface area contributed by atoms with Crippen molar-refractivity contribution >= 4 is 62.3 Å². The van der Waals surface area contributed by atoms with Crippen molar-refractivity contribution in [1.82, 2.24) is 4.31 Å². The van der Waals surface area contributed by atoms with E-state index in [1.54, 1.807) is 6.07 Å². The fourth-order valence-corrected chi connectivity index (χ4v) is 4.44. The predicted molar refractivity (Wildman–Crippen MR) is 94.8 cm³/mol. The summed E-state index contributed by atoms with van der Waals surface area (Å²) in [5, 5.41) is 2.92. The third kappa shape index (κ3) is 3.20. The number of nitrogens with zero attached hydrogens (tertiary/aromatic N) is 1. The van der Waals surface area contributed by atoms with E-state index in [-0.39, 0.29) is 31.2 Å². The lowest BCUT2D eigenvalue weighted by molar-refractivity contribution is -0.116. The van der Waals surface area contributed by atoms with Gasteiger partial charge in [0.25, 0.3) is 15.9 Å². The van der Waals surface area contributed by atoms with Crippen LogP contribution in [0.25, 0.3) is 0 Å². The number of rotatable bonds is 3. The van der Waals surface area contributed by atoms with Gasteiger partial charge < -0.3 is 5.32 Å². The molecule has 0 bridgehead atoms. The van der Waals surface area contributed by atoms with Gasteiger partial charge in [-0.15, -0.1) is 0 Å². The summed E-state index contributed by atoms with van der Waals surface area (Å²) in [5.41, 5.74) is 0.186. The first kappa shape index (κ1) is 18.0. The number of fused-ring (bicyclic) bond motifs is 1. The average Bonchev–Trinajstić information content (AvgIpc) is 2.74. The second-order valence-electron chi connectivity index (χ2n) is 5.11. The lowest BCUT2D eigenvalue weighted by Gasteiger charge is -2.15. The summed E-state index contributed by atoms with van der Waals surface area (Å²) in [6, 6.07) is 8.43. The smallest absolute Gasteiger partial charge is 0.269 e. The Morgan fingerprint density at radius 3 is 2.36 bits per heavy atom. The lowest BCUT2D eigenvalue weighted by atomic mass is 10.2. The molecule has 0 unspecified atom stereocenters. The van der Waals surface area contributed by atoms with Crippen LogP contribution in [0.1, 0.15) is 10.4 Å². The molecule has 1 aliphatic heterocycles. The summed E-state index contributed by atoms with van der Waals surface area (Å²) >= 11 is 17.6. The molecule has 130 valence electrons. The monoisotopic (exact) mass is 418 g/mol. The van der Waals surface area contributed by atoms with Crippen LogP contribution in [0.3, 0.4) is 0 Å². The number of carbonyl (C=O) groups excluding carboxylic acids is 2. The molecule has 0 fully saturated rings. The highest BCUT2D eigenvalue weighted by Crippen LogP contribution is 2.33. The van der Waals surface area contributed by atoms with Gasteiger partial charge in [-0.3, -0.25) is 9.59 Å². The van der Waals surface area contributed by atoms with Gasteiger partial charge in [-0.05, 0) is 24.3 Å². The summed E-state index contributed by atoms with van der Waals surface area (Å²) in [6.45, 7) is -0.688. The van der Waals surface area contributed by atoms with E-state index in [4.69, 9.17) is 34.8 Å². The first-order valence-electron chi connectivity index (χ1n) is 6.82. The van der Waals surface area contributed by atoms with E-state index in [1.165, 1.54) is 30.3 Å². The molecule has 1 aliphatic rings. The molecule has 0 radical (unpaired) electrons. The maximum atomic E-state index is 12.4. The molecule has 2 aromatic rings. The number of hydrogen-bond acceptors (Lipinski definition) is 4. The zero-order chi connectivity index (χ0) is 18.4. The minimum atomic E-state index is -4.07. The molecular formula is C15H9Cl3N2O4S. The van der Waals surface area contributed by atoms with Gasteiger partial charge in [0, 0.05) is 0 Å². The van der Waals surface area contributed by atoms with Crippen LogP contribution < -0.4 is 5.32 Å². The molecule has 3 rings (SSSR count). The standard InChI is InChI=1S/C15H9Cl3N2O4S/c16-9-5-11(18)12(6-10(9)17)19-14(21)7-20-15(22)8-3-1-2-4-13(8)25(20,23)24/h1-6H,7H2,(H,19,21). The highest BCUT2D eigenvalue weighted by Gasteiger charge is 2.41. The summed E-state index contributed by atoms with van der Waals surface area (Å²) in [6.07, 6.45) is 0. The van der Waals surface area contributed by atoms with Gasteiger partial charge in [-0.25, -0.2) is 12.7 Å². The van der Waals surface area contributed by atoms with Crippen molar-refractivity contribution in [3.63, 3.8) is 0 Å². The zero-order valence-corrected chi connectivity index (χ0v) is 15.4. The fourth-order valence-electron chi connectivity index (χ4n) is 2.33. The molecule has 2 amide bonds. The molecule has 1 N–H and O–H groups in total. The summed E-state index contributed by atoms with van der Waals surface area (Å²) < 4.78 is 25.3. The van der Waals surface area contributed by atoms with Gasteiger partial charge in [0.1, 0.15) is 11.4 Å². The first-order chi connectivity index (χ1) is 11.7. The van der Waals surface area contributed by atoms with E-state index < -0.39 is 28.4 Å². The summed E-state index contributed by atoms with van der Waals surface area (Å²) in [4.78, 5) is 24.3. The molecule has 0 spiro atoms. The molecule has 1 heterocycles. The number of hydrogen-bond donors (Lipinski definition) is 1. The van der Waals surface area contributed by atoms with E-state index in [0.717, 1.165) is 0 Å². The van der Waals surface area contributed by atoms with Crippen LogP contribution in [0, 0.1) is 0 Å². The van der Waals surface area contributed by atoms with Gasteiger partial charge in [0.2, 0.25) is 5.91 Å². The molecular weight excluding hydrogens is 411 g/mol. The Hall–Kier alpha value is -1.80. The van der Waals surface area contributed by atoms with Crippen LogP contribution in [0.5, 0.6) is 0 Å². The van der Waals surface area contributed by atoms with E-state index >= 15 is 0 Å².